The normalized spacial score (nSPS) is 23.3. The quantitative estimate of drug-likeness (QED) is 0.513. The largest absolute Gasteiger partial charge is 0.416 e. The summed E-state index contributed by atoms with van der Waals surface area (Å²) in [5.74, 6) is -1.54. The molecule has 1 spiro atoms. The molecular weight excluding hydrogens is 497 g/mol. The van der Waals surface area contributed by atoms with E-state index < -0.39 is 41.0 Å². The van der Waals surface area contributed by atoms with Gasteiger partial charge < -0.3 is 9.80 Å². The molecule has 2 fully saturated rings. The lowest BCUT2D eigenvalue weighted by Crippen LogP contribution is -2.75. The van der Waals surface area contributed by atoms with Crippen molar-refractivity contribution in [2.75, 3.05) is 34.3 Å². The zero-order valence-electron chi connectivity index (χ0n) is 20.1. The van der Waals surface area contributed by atoms with E-state index in [-0.39, 0.29) is 24.2 Å². The monoisotopic (exact) mass is 520 g/mol. The summed E-state index contributed by atoms with van der Waals surface area (Å²) in [6, 6.07) is 19.6. The van der Waals surface area contributed by atoms with Crippen molar-refractivity contribution in [1.82, 2.24) is 5.32 Å². The summed E-state index contributed by atoms with van der Waals surface area (Å²) in [6.45, 7) is 1.17. The number of hydrogen-bond acceptors (Lipinski definition) is 5. The number of benzene rings is 3. The zero-order chi connectivity index (χ0) is 26.7. The number of nitrogens with one attached hydrogen (secondary N) is 1. The van der Waals surface area contributed by atoms with Crippen molar-refractivity contribution in [1.29, 1.82) is 0 Å². The molecule has 0 aromatic heterocycles. The van der Waals surface area contributed by atoms with Crippen molar-refractivity contribution >= 4 is 34.9 Å². The van der Waals surface area contributed by atoms with Gasteiger partial charge >= 0.3 is 12.2 Å². The van der Waals surface area contributed by atoms with Crippen LogP contribution in [0.15, 0.2) is 78.9 Å². The number of fused-ring (bicyclic) bond motifs is 4. The molecule has 1 N–H and O–H groups in total. The van der Waals surface area contributed by atoms with E-state index in [0.717, 1.165) is 22.7 Å². The number of imide groups is 2. The average Bonchev–Trinajstić information content (AvgIpc) is 2.92. The predicted octanol–water partition coefficient (Wildman–Crippen LogP) is 4.23. The van der Waals surface area contributed by atoms with Crippen molar-refractivity contribution in [2.45, 2.75) is 18.6 Å². The van der Waals surface area contributed by atoms with Gasteiger partial charge in [-0.25, -0.2) is 9.69 Å². The minimum Gasteiger partial charge on any atom is -0.368 e. The van der Waals surface area contributed by atoms with Crippen molar-refractivity contribution in [2.24, 2.45) is 5.41 Å². The van der Waals surface area contributed by atoms with Gasteiger partial charge in [0.2, 0.25) is 5.91 Å². The van der Waals surface area contributed by atoms with Crippen LogP contribution < -0.4 is 20.0 Å². The van der Waals surface area contributed by atoms with E-state index >= 15 is 0 Å². The Morgan fingerprint density at radius 3 is 2.16 bits per heavy atom. The molecule has 0 radical (unpaired) electrons. The summed E-state index contributed by atoms with van der Waals surface area (Å²) in [7, 11) is 0. The first-order valence-electron chi connectivity index (χ1n) is 12.2. The second kappa shape index (κ2) is 8.61. The van der Waals surface area contributed by atoms with Gasteiger partial charge in [-0.1, -0.05) is 36.4 Å². The van der Waals surface area contributed by atoms with E-state index in [4.69, 9.17) is 0 Å². The molecule has 10 heteroatoms. The SMILES string of the molecule is O=C1NC(=O)[C@@]2(Cc3cc(C(F)(F)F)ccc3N3CCN(c4ccccc4)C[C@H]32)C(=O)N1c1ccccc1. The highest BCUT2D eigenvalue weighted by molar-refractivity contribution is 6.30. The minimum atomic E-state index is -4.59. The summed E-state index contributed by atoms with van der Waals surface area (Å²) in [5.41, 5.74) is -0.694. The van der Waals surface area contributed by atoms with Crippen molar-refractivity contribution in [3.63, 3.8) is 0 Å². The number of carbonyl (C=O) groups excluding carboxylic acids is 3. The molecule has 2 saturated heterocycles. The first kappa shape index (κ1) is 24.0. The van der Waals surface area contributed by atoms with Crippen molar-refractivity contribution in [3.05, 3.63) is 90.0 Å². The average molecular weight is 521 g/mol. The number of amides is 4. The van der Waals surface area contributed by atoms with Gasteiger partial charge in [0, 0.05) is 31.0 Å². The van der Waals surface area contributed by atoms with E-state index in [0.29, 0.717) is 18.8 Å². The van der Waals surface area contributed by atoms with Crippen LogP contribution in [0, 0.1) is 5.41 Å². The van der Waals surface area contributed by atoms with Crippen molar-refractivity contribution in [3.8, 4) is 0 Å². The van der Waals surface area contributed by atoms with Crippen LogP contribution in [0.4, 0.5) is 35.0 Å². The van der Waals surface area contributed by atoms with E-state index in [2.05, 4.69) is 10.2 Å². The van der Waals surface area contributed by atoms with Gasteiger partial charge in [-0.2, -0.15) is 13.2 Å². The van der Waals surface area contributed by atoms with Gasteiger partial charge in [0.15, 0.2) is 5.41 Å². The van der Waals surface area contributed by atoms with Crippen LogP contribution in [0.25, 0.3) is 0 Å². The fourth-order valence-electron chi connectivity index (χ4n) is 5.88. The topological polar surface area (TPSA) is 73.0 Å². The number of halogens is 3. The van der Waals surface area contributed by atoms with Gasteiger partial charge in [0.25, 0.3) is 5.91 Å². The summed E-state index contributed by atoms with van der Waals surface area (Å²) in [6.07, 6.45) is -4.85. The molecule has 0 unspecified atom stereocenters. The van der Waals surface area contributed by atoms with Crippen LogP contribution in [0.2, 0.25) is 0 Å². The summed E-state index contributed by atoms with van der Waals surface area (Å²) < 4.78 is 40.9. The molecule has 7 nitrogen and oxygen atoms in total. The lowest BCUT2D eigenvalue weighted by Gasteiger charge is -2.55. The second-order valence-electron chi connectivity index (χ2n) is 9.72. The molecule has 3 aromatic rings. The Morgan fingerprint density at radius 1 is 0.842 bits per heavy atom. The third-order valence-electron chi connectivity index (χ3n) is 7.68. The smallest absolute Gasteiger partial charge is 0.368 e. The molecule has 3 aliphatic rings. The Kier molecular flexibility index (Phi) is 5.44. The molecule has 0 saturated carbocycles. The predicted molar refractivity (Wildman–Crippen MR) is 135 cm³/mol. The fraction of sp³-hybridized carbons (Fsp3) is 0.250. The van der Waals surface area contributed by atoms with E-state index in [1.807, 2.05) is 35.2 Å². The van der Waals surface area contributed by atoms with Crippen LogP contribution in [0.1, 0.15) is 11.1 Å². The van der Waals surface area contributed by atoms with Crippen LogP contribution in [-0.4, -0.2) is 43.5 Å². The molecule has 194 valence electrons. The van der Waals surface area contributed by atoms with Gasteiger partial charge in [0.05, 0.1) is 17.3 Å². The van der Waals surface area contributed by atoms with Crippen LogP contribution in [0.5, 0.6) is 0 Å². The molecular formula is C28H23F3N4O3. The number of hydrogen-bond donors (Lipinski definition) is 1. The van der Waals surface area contributed by atoms with Crippen LogP contribution >= 0.6 is 0 Å². The van der Waals surface area contributed by atoms with Crippen LogP contribution in [0.3, 0.4) is 0 Å². The van der Waals surface area contributed by atoms with E-state index in [1.165, 1.54) is 6.07 Å². The van der Waals surface area contributed by atoms with E-state index in [1.54, 1.807) is 30.3 Å². The maximum absolute atomic E-state index is 14.3. The Bertz CT molecular complexity index is 1430. The van der Waals surface area contributed by atoms with E-state index in [9.17, 15) is 27.6 Å². The number of alkyl halides is 3. The molecule has 3 aromatic carbocycles. The number of carbonyl (C=O) groups is 3. The number of piperazine rings is 1. The molecule has 6 rings (SSSR count). The Labute approximate surface area is 216 Å². The third-order valence-corrected chi connectivity index (χ3v) is 7.68. The number of urea groups is 1. The Hall–Kier alpha value is -4.34. The van der Waals surface area contributed by atoms with Gasteiger partial charge in [-0.15, -0.1) is 0 Å². The molecule has 4 amide bonds. The molecule has 3 aliphatic heterocycles. The molecule has 0 aliphatic carbocycles. The highest BCUT2D eigenvalue weighted by Gasteiger charge is 2.63. The van der Waals surface area contributed by atoms with Gasteiger partial charge in [0.1, 0.15) is 0 Å². The molecule has 0 bridgehead atoms. The number of barbiturate groups is 1. The fourth-order valence-corrected chi connectivity index (χ4v) is 5.88. The molecule has 2 atom stereocenters. The summed E-state index contributed by atoms with van der Waals surface area (Å²) in [4.78, 5) is 45.8. The second-order valence-corrected chi connectivity index (χ2v) is 9.72. The standard InChI is InChI=1S/C28H23F3N4O3/c29-28(30,31)19-11-12-22-18(15-19)16-27(23-17-33(13-14-34(22)23)20-7-3-1-4-8-20)24(36)32-26(38)35(25(27)37)21-9-5-2-6-10-21/h1-12,15,23H,13-14,16-17H2,(H,32,36,38)/t23-,27-/m0/s1. The number of anilines is 3. The Morgan fingerprint density at radius 2 is 1.50 bits per heavy atom. The first-order chi connectivity index (χ1) is 18.2. The lowest BCUT2D eigenvalue weighted by molar-refractivity contribution is -0.144. The highest BCUT2D eigenvalue weighted by atomic mass is 19.4. The lowest BCUT2D eigenvalue weighted by atomic mass is 9.67. The number of para-hydroxylation sites is 2. The van der Waals surface area contributed by atoms with Gasteiger partial charge in [-0.05, 0) is 54.4 Å². The minimum absolute atomic E-state index is 0.245. The van der Waals surface area contributed by atoms with Crippen molar-refractivity contribution < 1.29 is 27.6 Å². The summed E-state index contributed by atoms with van der Waals surface area (Å²) >= 11 is 0. The Balaban J connectivity index is 1.51. The third kappa shape index (κ3) is 3.62. The van der Waals surface area contributed by atoms with Crippen LogP contribution in [-0.2, 0) is 22.2 Å². The van der Waals surface area contributed by atoms with Gasteiger partial charge in [-0.3, -0.25) is 14.9 Å². The first-order valence-corrected chi connectivity index (χ1v) is 12.2. The maximum Gasteiger partial charge on any atom is 0.416 e. The number of nitrogens with zero attached hydrogens (tertiary/aromatic N) is 3. The molecule has 3 heterocycles. The highest BCUT2D eigenvalue weighted by Crippen LogP contribution is 2.48. The maximum atomic E-state index is 14.3. The summed E-state index contributed by atoms with van der Waals surface area (Å²) in [5, 5.41) is 2.34. The molecule has 38 heavy (non-hydrogen) atoms. The zero-order valence-corrected chi connectivity index (χ0v) is 20.1. The number of rotatable bonds is 2.